The van der Waals surface area contributed by atoms with Gasteiger partial charge in [-0.05, 0) is 91.1 Å². The highest BCUT2D eigenvalue weighted by molar-refractivity contribution is 7.89. The van der Waals surface area contributed by atoms with Gasteiger partial charge in [-0.3, -0.25) is 5.32 Å². The first-order chi connectivity index (χ1) is 18.9. The summed E-state index contributed by atoms with van der Waals surface area (Å²) in [6.07, 6.45) is 0.362. The van der Waals surface area contributed by atoms with Crippen LogP contribution in [0.1, 0.15) is 26.3 Å². The molecule has 0 unspecified atom stereocenters. The molecular formula is C29H27Cl2N3O5S. The van der Waals surface area contributed by atoms with Crippen LogP contribution in [0.4, 0.5) is 4.79 Å². The SMILES string of the molecule is CC(C)(C)OC(=O)NC(=NCc1ccc(-c2ccc(Cl)cc2)c(-c2ccc(Cl)cc2)c1)NS(=O)(=O)c1ccco1. The van der Waals surface area contributed by atoms with E-state index in [4.69, 9.17) is 32.4 Å². The summed E-state index contributed by atoms with van der Waals surface area (Å²) in [6.45, 7) is 5.11. The van der Waals surface area contributed by atoms with Gasteiger partial charge in [-0.25, -0.2) is 14.5 Å². The van der Waals surface area contributed by atoms with Crippen molar-refractivity contribution in [3.63, 3.8) is 0 Å². The Balaban J connectivity index is 1.69. The van der Waals surface area contributed by atoms with Gasteiger partial charge >= 0.3 is 6.09 Å². The Bertz CT molecular complexity index is 1610. The van der Waals surface area contributed by atoms with E-state index in [1.165, 1.54) is 18.4 Å². The summed E-state index contributed by atoms with van der Waals surface area (Å²) in [5.41, 5.74) is 3.69. The molecule has 11 heteroatoms. The largest absolute Gasteiger partial charge is 0.451 e. The minimum absolute atomic E-state index is 0.0350. The van der Waals surface area contributed by atoms with Gasteiger partial charge < -0.3 is 9.15 Å². The van der Waals surface area contributed by atoms with Crippen LogP contribution in [0.3, 0.4) is 0 Å². The average molecular weight is 601 g/mol. The fraction of sp³-hybridized carbons (Fsp3) is 0.172. The Hall–Kier alpha value is -3.79. The lowest BCUT2D eigenvalue weighted by Gasteiger charge is -2.20. The number of halogens is 2. The van der Waals surface area contributed by atoms with Crippen molar-refractivity contribution in [1.29, 1.82) is 0 Å². The molecule has 0 atom stereocenters. The number of sulfonamides is 1. The lowest BCUT2D eigenvalue weighted by atomic mass is 9.93. The number of ether oxygens (including phenoxy) is 1. The van der Waals surface area contributed by atoms with E-state index < -0.39 is 21.7 Å². The number of guanidine groups is 1. The molecule has 4 aromatic rings. The van der Waals surface area contributed by atoms with Crippen molar-refractivity contribution >= 4 is 45.3 Å². The Morgan fingerprint density at radius 3 is 2.05 bits per heavy atom. The topological polar surface area (TPSA) is 110 Å². The molecule has 0 bridgehead atoms. The summed E-state index contributed by atoms with van der Waals surface area (Å²) >= 11 is 12.2. The molecular weight excluding hydrogens is 573 g/mol. The van der Waals surface area contributed by atoms with E-state index in [-0.39, 0.29) is 17.6 Å². The quantitative estimate of drug-likeness (QED) is 0.179. The Kier molecular flexibility index (Phi) is 8.88. The first-order valence-electron chi connectivity index (χ1n) is 12.2. The summed E-state index contributed by atoms with van der Waals surface area (Å²) in [4.78, 5) is 16.8. The number of carbonyl (C=O) groups is 1. The maximum absolute atomic E-state index is 12.8. The van der Waals surface area contributed by atoms with E-state index in [0.717, 1.165) is 27.8 Å². The van der Waals surface area contributed by atoms with Crippen molar-refractivity contribution in [2.24, 2.45) is 4.99 Å². The summed E-state index contributed by atoms with van der Waals surface area (Å²) in [7, 11) is -4.15. The number of amides is 1. The molecule has 1 amide bonds. The number of carbonyl (C=O) groups excluding carboxylic acids is 1. The Morgan fingerprint density at radius 2 is 1.50 bits per heavy atom. The molecule has 1 aromatic heterocycles. The van der Waals surface area contributed by atoms with Gasteiger partial charge in [0.15, 0.2) is 0 Å². The van der Waals surface area contributed by atoms with Crippen molar-refractivity contribution in [2.75, 3.05) is 0 Å². The molecule has 0 fully saturated rings. The number of aliphatic imine (C=N–C) groups is 1. The van der Waals surface area contributed by atoms with Gasteiger partial charge in [-0.15, -0.1) is 0 Å². The van der Waals surface area contributed by atoms with E-state index in [1.807, 2.05) is 54.6 Å². The normalized spacial score (nSPS) is 12.2. The lowest BCUT2D eigenvalue weighted by Crippen LogP contribution is -2.45. The molecule has 0 saturated heterocycles. The summed E-state index contributed by atoms with van der Waals surface area (Å²) in [6, 6.07) is 23.4. The first-order valence-corrected chi connectivity index (χ1v) is 14.4. The van der Waals surface area contributed by atoms with E-state index in [0.29, 0.717) is 10.0 Å². The molecule has 0 saturated carbocycles. The predicted octanol–water partition coefficient (Wildman–Crippen LogP) is 7.28. The molecule has 0 radical (unpaired) electrons. The molecule has 8 nitrogen and oxygen atoms in total. The maximum atomic E-state index is 12.8. The molecule has 4 rings (SSSR count). The van der Waals surface area contributed by atoms with Crippen molar-refractivity contribution < 1.29 is 22.4 Å². The predicted molar refractivity (Wildman–Crippen MR) is 157 cm³/mol. The number of furan rings is 1. The zero-order chi connectivity index (χ0) is 28.9. The Labute approximate surface area is 243 Å². The van der Waals surface area contributed by atoms with Crippen molar-refractivity contribution in [1.82, 2.24) is 10.0 Å². The average Bonchev–Trinajstić information content (AvgIpc) is 3.43. The molecule has 2 N–H and O–H groups in total. The van der Waals surface area contributed by atoms with Crippen LogP contribution in [-0.4, -0.2) is 26.1 Å². The van der Waals surface area contributed by atoms with Crippen LogP contribution >= 0.6 is 23.2 Å². The van der Waals surface area contributed by atoms with Crippen LogP contribution in [0.25, 0.3) is 22.3 Å². The second kappa shape index (κ2) is 12.2. The van der Waals surface area contributed by atoms with Crippen LogP contribution in [0.2, 0.25) is 10.0 Å². The highest BCUT2D eigenvalue weighted by Crippen LogP contribution is 2.34. The number of alkyl carbamates (subject to hydrolysis) is 1. The van der Waals surface area contributed by atoms with Crippen LogP contribution < -0.4 is 10.0 Å². The summed E-state index contributed by atoms with van der Waals surface area (Å²) in [5, 5.41) is 3.30. The van der Waals surface area contributed by atoms with Crippen molar-refractivity contribution in [3.05, 3.63) is 101 Å². The fourth-order valence-electron chi connectivity index (χ4n) is 3.70. The highest BCUT2D eigenvalue weighted by Gasteiger charge is 2.23. The molecule has 1 heterocycles. The lowest BCUT2D eigenvalue weighted by molar-refractivity contribution is 0.0562. The molecule has 40 heavy (non-hydrogen) atoms. The van der Waals surface area contributed by atoms with Crippen LogP contribution in [0, 0.1) is 0 Å². The van der Waals surface area contributed by atoms with E-state index in [9.17, 15) is 13.2 Å². The number of rotatable bonds is 6. The molecule has 0 aliphatic heterocycles. The van der Waals surface area contributed by atoms with E-state index in [1.54, 1.807) is 32.9 Å². The van der Waals surface area contributed by atoms with Gasteiger partial charge in [-0.1, -0.05) is 59.6 Å². The van der Waals surface area contributed by atoms with Gasteiger partial charge in [0.2, 0.25) is 11.1 Å². The second-order valence-corrected chi connectivity index (χ2v) is 12.2. The van der Waals surface area contributed by atoms with Gasteiger partial charge in [0.1, 0.15) is 5.60 Å². The zero-order valence-electron chi connectivity index (χ0n) is 21.9. The number of benzene rings is 3. The molecule has 0 aliphatic carbocycles. The first kappa shape index (κ1) is 29.2. The van der Waals surface area contributed by atoms with Crippen molar-refractivity contribution in [2.45, 2.75) is 38.0 Å². The molecule has 3 aromatic carbocycles. The molecule has 0 spiro atoms. The number of nitrogens with zero attached hydrogens (tertiary/aromatic N) is 1. The highest BCUT2D eigenvalue weighted by atomic mass is 35.5. The maximum Gasteiger partial charge on any atom is 0.414 e. The molecule has 0 aliphatic rings. The standard InChI is InChI=1S/C29H27Cl2N3O5S/c1-29(2,3)39-28(35)33-27(34-40(36,37)26-5-4-16-38-26)32-18-19-6-15-24(20-7-11-22(30)12-8-20)25(17-19)21-9-13-23(31)14-10-21/h4-17H,18H2,1-3H3,(H2,32,33,34,35). The van der Waals surface area contributed by atoms with Crippen molar-refractivity contribution in [3.8, 4) is 22.3 Å². The summed E-state index contributed by atoms with van der Waals surface area (Å²) < 4.78 is 38.1. The second-order valence-electron chi connectivity index (χ2n) is 9.72. The van der Waals surface area contributed by atoms with E-state index >= 15 is 0 Å². The minimum Gasteiger partial charge on any atom is -0.451 e. The third kappa shape index (κ3) is 7.88. The third-order valence-corrected chi connectivity index (χ3v) is 7.15. The number of nitrogens with one attached hydrogen (secondary N) is 2. The summed E-state index contributed by atoms with van der Waals surface area (Å²) in [5.74, 6) is -0.319. The van der Waals surface area contributed by atoms with Gasteiger partial charge in [-0.2, -0.15) is 8.42 Å². The van der Waals surface area contributed by atoms with Gasteiger partial charge in [0.25, 0.3) is 10.0 Å². The minimum atomic E-state index is -4.15. The zero-order valence-corrected chi connectivity index (χ0v) is 24.3. The van der Waals surface area contributed by atoms with Crippen LogP contribution in [-0.2, 0) is 21.3 Å². The third-order valence-electron chi connectivity index (χ3n) is 5.42. The molecule has 208 valence electrons. The van der Waals surface area contributed by atoms with Crippen LogP contribution in [0.15, 0.2) is 99.6 Å². The number of hydrogen-bond acceptors (Lipinski definition) is 6. The monoisotopic (exact) mass is 599 g/mol. The van der Waals surface area contributed by atoms with E-state index in [2.05, 4.69) is 15.0 Å². The Morgan fingerprint density at radius 1 is 0.900 bits per heavy atom. The number of hydrogen-bond donors (Lipinski definition) is 2. The van der Waals surface area contributed by atoms with Gasteiger partial charge in [0.05, 0.1) is 12.8 Å². The van der Waals surface area contributed by atoms with Crippen LogP contribution in [0.5, 0.6) is 0 Å². The smallest absolute Gasteiger partial charge is 0.414 e. The van der Waals surface area contributed by atoms with Gasteiger partial charge in [0, 0.05) is 10.0 Å². The fourth-order valence-corrected chi connectivity index (χ4v) is 4.86.